The largest absolute Gasteiger partial charge is 0.380 e. The summed E-state index contributed by atoms with van der Waals surface area (Å²) in [5, 5.41) is 0. The van der Waals surface area contributed by atoms with Crippen LogP contribution in [-0.4, -0.2) is 22.8 Å². The Hall–Kier alpha value is -0.890. The molecule has 0 saturated carbocycles. The highest BCUT2D eigenvalue weighted by atomic mass is 127. The van der Waals surface area contributed by atoms with E-state index in [1.165, 1.54) is 6.07 Å². The van der Waals surface area contributed by atoms with Crippen LogP contribution in [0.3, 0.4) is 0 Å². The molecule has 0 aliphatic carbocycles. The van der Waals surface area contributed by atoms with Crippen LogP contribution in [0.1, 0.15) is 19.8 Å². The van der Waals surface area contributed by atoms with E-state index in [0.717, 1.165) is 30.5 Å². The minimum absolute atomic E-state index is 0.249. The third kappa shape index (κ3) is 3.36. The van der Waals surface area contributed by atoms with Crippen molar-refractivity contribution in [2.24, 2.45) is 0 Å². The van der Waals surface area contributed by atoms with Gasteiger partial charge in [-0.1, -0.05) is 13.3 Å². The van der Waals surface area contributed by atoms with Gasteiger partial charge < -0.3 is 15.0 Å². The number of ether oxygens (including phenoxy) is 1. The number of rotatable bonds is 6. The molecule has 2 N–H and O–H groups in total. The molecule has 1 aromatic carbocycles. The van der Waals surface area contributed by atoms with Gasteiger partial charge in [0.15, 0.2) is 0 Å². The number of hydrogen-bond donors (Lipinski definition) is 1. The van der Waals surface area contributed by atoms with Crippen LogP contribution in [-0.2, 0) is 11.3 Å². The second-order valence-electron chi connectivity index (χ2n) is 4.34. The summed E-state index contributed by atoms with van der Waals surface area (Å²) in [6.07, 6.45) is 2.16. The predicted octanol–water partition coefficient (Wildman–Crippen LogP) is 3.18. The molecule has 0 saturated heterocycles. The first-order valence-corrected chi connectivity index (χ1v) is 7.40. The van der Waals surface area contributed by atoms with Crippen molar-refractivity contribution >= 4 is 39.6 Å². The molecular weight excluding hydrogens is 360 g/mol. The van der Waals surface area contributed by atoms with E-state index in [0.29, 0.717) is 22.7 Å². The number of benzene rings is 1. The summed E-state index contributed by atoms with van der Waals surface area (Å²) >= 11 is 1.95. The van der Waals surface area contributed by atoms with Crippen LogP contribution >= 0.6 is 22.6 Å². The minimum Gasteiger partial charge on any atom is -0.380 e. The van der Waals surface area contributed by atoms with Crippen LogP contribution in [0.25, 0.3) is 11.0 Å². The van der Waals surface area contributed by atoms with Crippen LogP contribution in [0.4, 0.5) is 10.3 Å². The summed E-state index contributed by atoms with van der Waals surface area (Å²) in [4.78, 5) is 4.24. The van der Waals surface area contributed by atoms with Crippen LogP contribution in [0.15, 0.2) is 12.1 Å². The van der Waals surface area contributed by atoms with Crippen molar-refractivity contribution in [3.63, 3.8) is 0 Å². The van der Waals surface area contributed by atoms with E-state index in [1.807, 2.05) is 22.6 Å². The molecule has 0 spiro atoms. The Morgan fingerprint density at radius 1 is 1.42 bits per heavy atom. The standard InChI is InChI=1S/C13H17FIN3O/c1-2-3-5-19-6-4-18-12-7-9(14)10(15)8-11(12)17-13(18)16/h7-8H,2-6H2,1H3,(H2,16,17). The van der Waals surface area contributed by atoms with Crippen LogP contribution in [0, 0.1) is 9.39 Å². The van der Waals surface area contributed by atoms with Crippen molar-refractivity contribution in [3.05, 3.63) is 21.5 Å². The van der Waals surface area contributed by atoms with Gasteiger partial charge in [-0.25, -0.2) is 9.37 Å². The van der Waals surface area contributed by atoms with Gasteiger partial charge in [-0.3, -0.25) is 0 Å². The number of nitrogens with zero attached hydrogens (tertiary/aromatic N) is 2. The van der Waals surface area contributed by atoms with Crippen LogP contribution in [0.5, 0.6) is 0 Å². The molecule has 104 valence electrons. The summed E-state index contributed by atoms with van der Waals surface area (Å²) in [5.41, 5.74) is 7.30. The Morgan fingerprint density at radius 3 is 2.95 bits per heavy atom. The van der Waals surface area contributed by atoms with Crippen molar-refractivity contribution in [2.45, 2.75) is 26.3 Å². The van der Waals surface area contributed by atoms with Gasteiger partial charge in [0.05, 0.1) is 21.2 Å². The number of unbranched alkanes of at least 4 members (excludes halogenated alkanes) is 1. The van der Waals surface area contributed by atoms with Gasteiger partial charge in [0.25, 0.3) is 0 Å². The van der Waals surface area contributed by atoms with Crippen LogP contribution in [0.2, 0.25) is 0 Å². The smallest absolute Gasteiger partial charge is 0.201 e. The number of fused-ring (bicyclic) bond motifs is 1. The van der Waals surface area contributed by atoms with E-state index in [-0.39, 0.29) is 5.82 Å². The maximum Gasteiger partial charge on any atom is 0.201 e. The molecule has 0 fully saturated rings. The second kappa shape index (κ2) is 6.51. The first kappa shape index (κ1) is 14.5. The van der Waals surface area contributed by atoms with E-state index in [4.69, 9.17) is 10.5 Å². The van der Waals surface area contributed by atoms with Gasteiger partial charge in [0, 0.05) is 19.2 Å². The Labute approximate surface area is 125 Å². The molecule has 6 heteroatoms. The fraction of sp³-hybridized carbons (Fsp3) is 0.462. The first-order valence-electron chi connectivity index (χ1n) is 6.32. The number of anilines is 1. The second-order valence-corrected chi connectivity index (χ2v) is 5.50. The van der Waals surface area contributed by atoms with Crippen molar-refractivity contribution in [3.8, 4) is 0 Å². The molecule has 0 bridgehead atoms. The van der Waals surface area contributed by atoms with Gasteiger partial charge in [-0.2, -0.15) is 0 Å². The number of halogens is 2. The fourth-order valence-corrected chi connectivity index (χ4v) is 2.33. The molecule has 2 aromatic rings. The molecule has 1 heterocycles. The lowest BCUT2D eigenvalue weighted by atomic mass is 10.3. The molecule has 0 aliphatic rings. The van der Waals surface area contributed by atoms with Crippen LogP contribution < -0.4 is 5.73 Å². The molecule has 0 aliphatic heterocycles. The molecule has 4 nitrogen and oxygen atoms in total. The Kier molecular flexibility index (Phi) is 4.98. The third-order valence-corrected chi connectivity index (χ3v) is 3.75. The highest BCUT2D eigenvalue weighted by molar-refractivity contribution is 14.1. The van der Waals surface area contributed by atoms with Gasteiger partial charge in [0.1, 0.15) is 5.82 Å². The molecule has 0 amide bonds. The number of aromatic nitrogens is 2. The van der Waals surface area contributed by atoms with E-state index >= 15 is 0 Å². The lowest BCUT2D eigenvalue weighted by Crippen LogP contribution is -2.09. The quantitative estimate of drug-likeness (QED) is 0.622. The van der Waals surface area contributed by atoms with Gasteiger partial charge in [-0.05, 0) is 35.1 Å². The van der Waals surface area contributed by atoms with E-state index < -0.39 is 0 Å². The van der Waals surface area contributed by atoms with Gasteiger partial charge in [0.2, 0.25) is 5.95 Å². The summed E-state index contributed by atoms with van der Waals surface area (Å²) in [6.45, 7) is 4.01. The maximum atomic E-state index is 13.6. The predicted molar refractivity (Wildman–Crippen MR) is 82.5 cm³/mol. The number of nitrogens with two attached hydrogens (primary N) is 1. The van der Waals surface area contributed by atoms with Crippen molar-refractivity contribution in [2.75, 3.05) is 18.9 Å². The lowest BCUT2D eigenvalue weighted by Gasteiger charge is -2.07. The zero-order valence-electron chi connectivity index (χ0n) is 10.8. The highest BCUT2D eigenvalue weighted by Crippen LogP contribution is 2.22. The lowest BCUT2D eigenvalue weighted by molar-refractivity contribution is 0.124. The number of hydrogen-bond acceptors (Lipinski definition) is 3. The van der Waals surface area contributed by atoms with Gasteiger partial charge >= 0.3 is 0 Å². The average Bonchev–Trinajstić information content (AvgIpc) is 2.66. The normalized spacial score (nSPS) is 11.3. The Balaban J connectivity index is 2.13. The zero-order chi connectivity index (χ0) is 13.8. The number of nitrogen functional groups attached to an aromatic ring is 1. The molecule has 0 radical (unpaired) electrons. The molecule has 1 aromatic heterocycles. The maximum absolute atomic E-state index is 13.6. The SMILES string of the molecule is CCCCOCCn1c(N)nc2cc(I)c(F)cc21. The summed E-state index contributed by atoms with van der Waals surface area (Å²) in [6, 6.07) is 3.18. The summed E-state index contributed by atoms with van der Waals surface area (Å²) < 4.78 is 21.5. The fourth-order valence-electron chi connectivity index (χ4n) is 1.88. The molecule has 0 atom stereocenters. The Morgan fingerprint density at radius 2 is 2.21 bits per heavy atom. The Bertz CT molecular complexity index is 571. The first-order chi connectivity index (χ1) is 9.13. The molecule has 19 heavy (non-hydrogen) atoms. The average molecular weight is 377 g/mol. The monoisotopic (exact) mass is 377 g/mol. The minimum atomic E-state index is -0.249. The molecule has 0 unspecified atom stereocenters. The summed E-state index contributed by atoms with van der Waals surface area (Å²) in [7, 11) is 0. The molecule has 2 rings (SSSR count). The highest BCUT2D eigenvalue weighted by Gasteiger charge is 2.11. The van der Waals surface area contributed by atoms with E-state index in [1.54, 1.807) is 10.6 Å². The van der Waals surface area contributed by atoms with Gasteiger partial charge in [-0.15, -0.1) is 0 Å². The molecular formula is C13H17FIN3O. The van der Waals surface area contributed by atoms with Crippen molar-refractivity contribution in [1.29, 1.82) is 0 Å². The van der Waals surface area contributed by atoms with Crippen molar-refractivity contribution in [1.82, 2.24) is 9.55 Å². The van der Waals surface area contributed by atoms with Crippen molar-refractivity contribution < 1.29 is 9.13 Å². The van der Waals surface area contributed by atoms with E-state index in [9.17, 15) is 4.39 Å². The zero-order valence-corrected chi connectivity index (χ0v) is 13.0. The third-order valence-electron chi connectivity index (χ3n) is 2.92. The van der Waals surface area contributed by atoms with E-state index in [2.05, 4.69) is 11.9 Å². The topological polar surface area (TPSA) is 53.1 Å². The summed E-state index contributed by atoms with van der Waals surface area (Å²) in [5.74, 6) is 0.150. The number of imidazole rings is 1.